The van der Waals surface area contributed by atoms with E-state index in [1.54, 1.807) is 23.1 Å². The average molecular weight is 387 g/mol. The molecule has 3 rings (SSSR count). The van der Waals surface area contributed by atoms with Crippen molar-refractivity contribution in [2.45, 2.75) is 18.9 Å². The average Bonchev–Trinajstić information content (AvgIpc) is 3.01. The summed E-state index contributed by atoms with van der Waals surface area (Å²) in [5.74, 6) is 0.962. The maximum absolute atomic E-state index is 12.3. The van der Waals surface area contributed by atoms with Gasteiger partial charge in [-0.3, -0.25) is 4.79 Å². The second-order valence-electron chi connectivity index (χ2n) is 6.06. The molecule has 2 heterocycles. The van der Waals surface area contributed by atoms with Crippen LogP contribution in [0, 0.1) is 0 Å². The third-order valence-corrected chi connectivity index (χ3v) is 5.10. The number of hydrogen-bond acceptors (Lipinski definition) is 5. The quantitative estimate of drug-likeness (QED) is 0.795. The summed E-state index contributed by atoms with van der Waals surface area (Å²) in [7, 11) is -3.22. The van der Waals surface area contributed by atoms with Crippen molar-refractivity contribution >= 4 is 33.6 Å². The van der Waals surface area contributed by atoms with Gasteiger partial charge in [-0.2, -0.15) is 0 Å². The van der Waals surface area contributed by atoms with Crippen LogP contribution in [-0.2, 0) is 14.8 Å². The lowest BCUT2D eigenvalue weighted by Gasteiger charge is -2.31. The summed E-state index contributed by atoms with van der Waals surface area (Å²) >= 11 is 6.12. The molecule has 0 atom stereocenters. The Bertz CT molecular complexity index is 801. The van der Waals surface area contributed by atoms with Crippen LogP contribution in [0.25, 0.3) is 6.08 Å². The van der Waals surface area contributed by atoms with Gasteiger partial charge in [-0.15, -0.1) is 0 Å². The van der Waals surface area contributed by atoms with E-state index in [0.29, 0.717) is 42.5 Å². The van der Waals surface area contributed by atoms with Gasteiger partial charge in [0, 0.05) is 25.2 Å². The van der Waals surface area contributed by atoms with Gasteiger partial charge in [0.05, 0.1) is 11.3 Å². The predicted octanol–water partition coefficient (Wildman–Crippen LogP) is 1.62. The van der Waals surface area contributed by atoms with Crippen LogP contribution in [-0.4, -0.2) is 51.4 Å². The molecule has 136 valence electrons. The highest BCUT2D eigenvalue weighted by molar-refractivity contribution is 7.88. The highest BCUT2D eigenvalue weighted by atomic mass is 35.5. The molecule has 1 aromatic rings. The van der Waals surface area contributed by atoms with E-state index in [4.69, 9.17) is 21.1 Å². The number of carbonyl (C=O) groups excluding carboxylic acids is 1. The first-order chi connectivity index (χ1) is 11.8. The van der Waals surface area contributed by atoms with Crippen LogP contribution in [0.4, 0.5) is 0 Å². The van der Waals surface area contributed by atoms with E-state index in [1.165, 1.54) is 6.08 Å². The minimum Gasteiger partial charge on any atom is -0.454 e. The SMILES string of the molecule is CS(=O)(=O)NC1CCN(C(=O)/C=C/c2cc(Cl)c3c(c2)OCO3)CC1. The van der Waals surface area contributed by atoms with Gasteiger partial charge in [-0.05, 0) is 36.6 Å². The number of nitrogens with zero attached hydrogens (tertiary/aromatic N) is 1. The van der Waals surface area contributed by atoms with Crippen molar-refractivity contribution in [1.29, 1.82) is 0 Å². The summed E-state index contributed by atoms with van der Waals surface area (Å²) in [6, 6.07) is 3.36. The van der Waals surface area contributed by atoms with Crippen LogP contribution in [0.15, 0.2) is 18.2 Å². The van der Waals surface area contributed by atoms with Crippen LogP contribution in [0.3, 0.4) is 0 Å². The van der Waals surface area contributed by atoms with Crippen molar-refractivity contribution in [2.24, 2.45) is 0 Å². The van der Waals surface area contributed by atoms with Crippen molar-refractivity contribution in [2.75, 3.05) is 26.1 Å². The molecule has 0 radical (unpaired) electrons. The van der Waals surface area contributed by atoms with Crippen molar-refractivity contribution in [3.05, 3.63) is 28.8 Å². The molecule has 1 saturated heterocycles. The van der Waals surface area contributed by atoms with Crippen LogP contribution in [0.1, 0.15) is 18.4 Å². The minimum atomic E-state index is -3.22. The van der Waals surface area contributed by atoms with Crippen LogP contribution in [0.5, 0.6) is 11.5 Å². The number of benzene rings is 1. The first-order valence-corrected chi connectivity index (χ1v) is 10.1. The minimum absolute atomic E-state index is 0.115. The Morgan fingerprint density at radius 1 is 1.32 bits per heavy atom. The molecule has 25 heavy (non-hydrogen) atoms. The number of ether oxygens (including phenoxy) is 2. The monoisotopic (exact) mass is 386 g/mol. The molecule has 0 unspecified atom stereocenters. The number of piperidine rings is 1. The van der Waals surface area contributed by atoms with Crippen molar-refractivity contribution in [1.82, 2.24) is 9.62 Å². The topological polar surface area (TPSA) is 84.9 Å². The second kappa shape index (κ2) is 7.23. The number of sulfonamides is 1. The summed E-state index contributed by atoms with van der Waals surface area (Å²) < 4.78 is 35.6. The molecular formula is C16H19ClN2O5S. The van der Waals surface area contributed by atoms with Gasteiger partial charge >= 0.3 is 0 Å². The molecule has 2 aliphatic heterocycles. The molecule has 1 amide bonds. The number of fused-ring (bicyclic) bond motifs is 1. The van der Waals surface area contributed by atoms with E-state index in [1.807, 2.05) is 0 Å². The van der Waals surface area contributed by atoms with Crippen LogP contribution >= 0.6 is 11.6 Å². The maximum atomic E-state index is 12.3. The van der Waals surface area contributed by atoms with Gasteiger partial charge in [-0.25, -0.2) is 13.1 Å². The van der Waals surface area contributed by atoms with E-state index in [2.05, 4.69) is 4.72 Å². The summed E-state index contributed by atoms with van der Waals surface area (Å²) in [4.78, 5) is 14.0. The molecule has 0 spiro atoms. The summed E-state index contributed by atoms with van der Waals surface area (Å²) in [5, 5.41) is 0.440. The molecule has 7 nitrogen and oxygen atoms in total. The van der Waals surface area contributed by atoms with Crippen molar-refractivity contribution in [3.63, 3.8) is 0 Å². The summed E-state index contributed by atoms with van der Waals surface area (Å²) in [6.45, 7) is 1.16. The standard InChI is InChI=1S/C16H19ClN2O5S/c1-25(21,22)18-12-4-6-19(7-5-12)15(20)3-2-11-8-13(17)16-14(9-11)23-10-24-16/h2-3,8-9,12,18H,4-7,10H2,1H3/b3-2+. The lowest BCUT2D eigenvalue weighted by atomic mass is 10.1. The Hall–Kier alpha value is -1.77. The molecule has 0 aromatic heterocycles. The zero-order valence-electron chi connectivity index (χ0n) is 13.7. The molecule has 0 bridgehead atoms. The molecule has 0 saturated carbocycles. The number of halogens is 1. The number of likely N-dealkylation sites (tertiary alicyclic amines) is 1. The van der Waals surface area contributed by atoms with E-state index < -0.39 is 10.0 Å². The Labute approximate surface area is 151 Å². The van der Waals surface area contributed by atoms with Crippen LogP contribution < -0.4 is 14.2 Å². The first kappa shape index (κ1) is 18.0. The number of rotatable bonds is 4. The Morgan fingerprint density at radius 3 is 2.72 bits per heavy atom. The van der Waals surface area contributed by atoms with E-state index in [-0.39, 0.29) is 18.7 Å². The third-order valence-electron chi connectivity index (χ3n) is 4.06. The zero-order chi connectivity index (χ0) is 18.0. The number of carbonyl (C=O) groups is 1. The van der Waals surface area contributed by atoms with Gasteiger partial charge in [0.25, 0.3) is 0 Å². The highest BCUT2D eigenvalue weighted by Gasteiger charge is 2.23. The fourth-order valence-electron chi connectivity index (χ4n) is 2.88. The normalized spacial score (nSPS) is 18.1. The predicted molar refractivity (Wildman–Crippen MR) is 94.2 cm³/mol. The van der Waals surface area contributed by atoms with E-state index in [9.17, 15) is 13.2 Å². The van der Waals surface area contributed by atoms with Gasteiger partial charge in [-0.1, -0.05) is 11.6 Å². The number of hydrogen-bond donors (Lipinski definition) is 1. The van der Waals surface area contributed by atoms with Crippen LogP contribution in [0.2, 0.25) is 5.02 Å². The molecule has 9 heteroatoms. The summed E-state index contributed by atoms with van der Waals surface area (Å²) in [5.41, 5.74) is 0.747. The summed E-state index contributed by atoms with van der Waals surface area (Å²) in [6.07, 6.45) is 5.50. The third kappa shape index (κ3) is 4.65. The Kier molecular flexibility index (Phi) is 5.21. The lowest BCUT2D eigenvalue weighted by molar-refractivity contribution is -0.126. The smallest absolute Gasteiger partial charge is 0.246 e. The zero-order valence-corrected chi connectivity index (χ0v) is 15.3. The molecular weight excluding hydrogens is 368 g/mol. The van der Waals surface area contributed by atoms with Crippen molar-refractivity contribution < 1.29 is 22.7 Å². The molecule has 2 aliphatic rings. The van der Waals surface area contributed by atoms with Gasteiger partial charge in [0.2, 0.25) is 22.7 Å². The molecule has 1 aromatic carbocycles. The van der Waals surface area contributed by atoms with Gasteiger partial charge in [0.15, 0.2) is 11.5 Å². The molecule has 0 aliphatic carbocycles. The lowest BCUT2D eigenvalue weighted by Crippen LogP contribution is -2.45. The van der Waals surface area contributed by atoms with Crippen molar-refractivity contribution in [3.8, 4) is 11.5 Å². The Morgan fingerprint density at radius 2 is 2.04 bits per heavy atom. The highest BCUT2D eigenvalue weighted by Crippen LogP contribution is 2.40. The van der Waals surface area contributed by atoms with Gasteiger partial charge < -0.3 is 14.4 Å². The van der Waals surface area contributed by atoms with E-state index >= 15 is 0 Å². The number of nitrogens with one attached hydrogen (secondary N) is 1. The Balaban J connectivity index is 1.58. The second-order valence-corrected chi connectivity index (χ2v) is 8.25. The van der Waals surface area contributed by atoms with Gasteiger partial charge in [0.1, 0.15) is 0 Å². The molecule has 1 N–H and O–H groups in total. The number of amides is 1. The van der Waals surface area contributed by atoms with E-state index in [0.717, 1.165) is 11.8 Å². The molecule has 1 fully saturated rings. The maximum Gasteiger partial charge on any atom is 0.246 e. The largest absolute Gasteiger partial charge is 0.454 e. The fourth-order valence-corrected chi connectivity index (χ4v) is 3.99. The first-order valence-electron chi connectivity index (χ1n) is 7.85. The fraction of sp³-hybridized carbons (Fsp3) is 0.438.